The molecule has 11 aromatic rings. The summed E-state index contributed by atoms with van der Waals surface area (Å²) in [6.07, 6.45) is -4.42. The number of rotatable bonds is 12. The van der Waals surface area contributed by atoms with Crippen LogP contribution in [-0.2, 0) is 30.9 Å². The summed E-state index contributed by atoms with van der Waals surface area (Å²) in [4.78, 5) is 13.5. The summed E-state index contributed by atoms with van der Waals surface area (Å²) in [7, 11) is 0. The Balaban J connectivity index is 0.00000736. The van der Waals surface area contributed by atoms with Crippen molar-refractivity contribution < 1.29 is 46.4 Å². The van der Waals surface area contributed by atoms with E-state index in [1.165, 1.54) is 44.4 Å². The molecule has 10 heteroatoms. The van der Waals surface area contributed by atoms with Crippen LogP contribution in [0.5, 0.6) is 0 Å². The molecule has 0 fully saturated rings. The molecule has 3 heterocycles. The van der Waals surface area contributed by atoms with Gasteiger partial charge in [0.15, 0.2) is 0 Å². The van der Waals surface area contributed by atoms with Gasteiger partial charge in [0, 0.05) is 18.6 Å². The van der Waals surface area contributed by atoms with E-state index in [-0.39, 0.29) is 31.2 Å². The van der Waals surface area contributed by atoms with Crippen molar-refractivity contribution >= 4 is 0 Å². The zero-order chi connectivity index (χ0) is 55.8. The predicted molar refractivity (Wildman–Crippen MR) is 309 cm³/mol. The minimum absolute atomic E-state index is 0. The Hall–Kier alpha value is -8.56. The molecule has 0 aliphatic rings. The molecule has 0 atom stereocenters. The van der Waals surface area contributed by atoms with Crippen molar-refractivity contribution in [3.8, 4) is 112 Å². The van der Waals surface area contributed by atoms with Crippen LogP contribution in [0.1, 0.15) is 38.8 Å². The maximum atomic E-state index is 14.1. The third-order valence-corrected chi connectivity index (χ3v) is 15.1. The SMILES string of the molecule is CC(C)(c1ccc(-c2[c-]cc(-c3ccccc3-c3cc(-c4ccccc4-c4c[c-]c(-c5cc(C(C)(C)C(F)(F)F)ccn5)cc4)cc(-c4ccccc4-c4c[c-]c(-c5ccccn5)cc4-c4ccccc4)c3)cc2)nc1)C(F)(F)F.[Ir+3]. The second-order valence-corrected chi connectivity index (χ2v) is 20.8. The van der Waals surface area contributed by atoms with E-state index < -0.39 is 23.2 Å². The zero-order valence-electron chi connectivity index (χ0n) is 44.4. The average molecular weight is 1250 g/mol. The molecular weight excluding hydrogens is 1200 g/mol. The maximum absolute atomic E-state index is 14.1. The molecule has 0 spiro atoms. The van der Waals surface area contributed by atoms with Crippen LogP contribution < -0.4 is 0 Å². The van der Waals surface area contributed by atoms with Crippen LogP contribution in [0.25, 0.3) is 112 Å². The molecule has 11 rings (SSSR count). The summed E-state index contributed by atoms with van der Waals surface area (Å²) in [5.41, 5.74) is 13.1. The monoisotopic (exact) mass is 1250 g/mol. The van der Waals surface area contributed by atoms with Crippen LogP contribution in [0.3, 0.4) is 0 Å². The van der Waals surface area contributed by atoms with Gasteiger partial charge < -0.3 is 15.0 Å². The van der Waals surface area contributed by atoms with Crippen molar-refractivity contribution in [1.82, 2.24) is 15.0 Å². The topological polar surface area (TPSA) is 38.7 Å². The molecule has 0 aliphatic heterocycles. The van der Waals surface area contributed by atoms with Gasteiger partial charge in [-0.2, -0.15) is 26.3 Å². The molecule has 8 aromatic carbocycles. The Kier molecular flexibility index (Phi) is 15.5. The first-order chi connectivity index (χ1) is 38.4. The van der Waals surface area contributed by atoms with E-state index in [0.717, 1.165) is 103 Å². The fourth-order valence-electron chi connectivity index (χ4n) is 10.00. The minimum atomic E-state index is -4.46. The van der Waals surface area contributed by atoms with Crippen LogP contribution in [-0.4, -0.2) is 27.3 Å². The van der Waals surface area contributed by atoms with E-state index in [2.05, 4.69) is 112 Å². The van der Waals surface area contributed by atoms with Crippen molar-refractivity contribution in [2.45, 2.75) is 50.9 Å². The van der Waals surface area contributed by atoms with E-state index in [4.69, 9.17) is 0 Å². The summed E-state index contributed by atoms with van der Waals surface area (Å²) < 4.78 is 84.0. The maximum Gasteiger partial charge on any atom is 3.00 e. The van der Waals surface area contributed by atoms with Crippen molar-refractivity contribution in [3.05, 3.63) is 260 Å². The Morgan fingerprint density at radius 2 is 0.765 bits per heavy atom. The van der Waals surface area contributed by atoms with E-state index in [9.17, 15) is 26.3 Å². The standard InChI is InChI=1S/C71H50F6N3.Ir/c1-68(2,70(72,73)74)55-37-39-79-67(44-55)50-31-27-48(28-32-50)58-19-9-11-21-60(58)53-40-52(59-20-10-8-18-57(59)47-25-29-49(30-26-47)66-36-34-56(45-80-66)69(3,4)71(75,76)77)41-54(42-53)61-22-12-13-23-62(61)63-35-33-51(65-24-14-15-38-78-65)43-64(63)46-16-6-5-7-17-46;/h5-29,31,34-45H,1-4H3;/q-3;+3. The quantitative estimate of drug-likeness (QED) is 0.0904. The molecule has 0 bridgehead atoms. The van der Waals surface area contributed by atoms with Gasteiger partial charge in [-0.25, -0.2) is 0 Å². The molecule has 400 valence electrons. The predicted octanol–water partition coefficient (Wildman–Crippen LogP) is 19.6. The third kappa shape index (κ3) is 11.2. The Morgan fingerprint density at radius 3 is 1.26 bits per heavy atom. The largest absolute Gasteiger partial charge is 3.00 e. The zero-order valence-corrected chi connectivity index (χ0v) is 46.8. The fraction of sp³-hybridized carbons (Fsp3) is 0.113. The van der Waals surface area contributed by atoms with Gasteiger partial charge in [0.25, 0.3) is 0 Å². The van der Waals surface area contributed by atoms with E-state index >= 15 is 0 Å². The summed E-state index contributed by atoms with van der Waals surface area (Å²) in [6, 6.07) is 79.3. The molecule has 0 N–H and O–H groups in total. The van der Waals surface area contributed by atoms with Gasteiger partial charge in [-0.15, -0.1) is 83.4 Å². The second kappa shape index (κ2) is 22.5. The van der Waals surface area contributed by atoms with Gasteiger partial charge in [-0.3, -0.25) is 0 Å². The number of hydrogen-bond acceptors (Lipinski definition) is 3. The average Bonchev–Trinajstić information content (AvgIpc) is 3.56. The molecule has 0 aliphatic carbocycles. The molecule has 0 radical (unpaired) electrons. The van der Waals surface area contributed by atoms with Crippen LogP contribution in [0.2, 0.25) is 0 Å². The van der Waals surface area contributed by atoms with Gasteiger partial charge in [0.2, 0.25) is 0 Å². The van der Waals surface area contributed by atoms with Crippen LogP contribution in [0.4, 0.5) is 26.3 Å². The van der Waals surface area contributed by atoms with Crippen molar-refractivity contribution in [2.24, 2.45) is 0 Å². The fourth-order valence-corrected chi connectivity index (χ4v) is 10.00. The Labute approximate surface area is 481 Å². The summed E-state index contributed by atoms with van der Waals surface area (Å²) >= 11 is 0. The third-order valence-electron chi connectivity index (χ3n) is 15.1. The van der Waals surface area contributed by atoms with Crippen molar-refractivity contribution in [2.75, 3.05) is 0 Å². The van der Waals surface area contributed by atoms with Crippen LogP contribution >= 0.6 is 0 Å². The summed E-state index contributed by atoms with van der Waals surface area (Å²) in [5.74, 6) is 0. The number of alkyl halides is 6. The molecular formula is C71H50F6IrN3. The first-order valence-electron chi connectivity index (χ1n) is 26.0. The Bertz CT molecular complexity index is 4010. The first-order valence-corrected chi connectivity index (χ1v) is 26.0. The number of pyridine rings is 3. The van der Waals surface area contributed by atoms with Crippen LogP contribution in [0, 0.1) is 18.2 Å². The van der Waals surface area contributed by atoms with Crippen molar-refractivity contribution in [3.63, 3.8) is 0 Å². The molecule has 3 nitrogen and oxygen atoms in total. The smallest absolute Gasteiger partial charge is 0.305 e. The van der Waals surface area contributed by atoms with E-state index in [1.807, 2.05) is 109 Å². The molecule has 81 heavy (non-hydrogen) atoms. The summed E-state index contributed by atoms with van der Waals surface area (Å²) in [5, 5.41) is 0. The van der Waals surface area contributed by atoms with E-state index in [0.29, 0.717) is 22.5 Å². The summed E-state index contributed by atoms with van der Waals surface area (Å²) in [6.45, 7) is 4.63. The first kappa shape index (κ1) is 55.7. The van der Waals surface area contributed by atoms with Gasteiger partial charge in [0.05, 0.1) is 10.8 Å². The van der Waals surface area contributed by atoms with Gasteiger partial charge >= 0.3 is 32.5 Å². The number of nitrogens with zero attached hydrogens (tertiary/aromatic N) is 3. The number of aromatic nitrogens is 3. The molecule has 0 saturated carbocycles. The van der Waals surface area contributed by atoms with Crippen LogP contribution in [0.15, 0.2) is 231 Å². The number of benzene rings is 8. The Morgan fingerprint density at radius 1 is 0.309 bits per heavy atom. The number of halogens is 6. The molecule has 0 amide bonds. The van der Waals surface area contributed by atoms with E-state index in [1.54, 1.807) is 12.3 Å². The molecule has 0 unspecified atom stereocenters. The van der Waals surface area contributed by atoms with Crippen molar-refractivity contribution in [1.29, 1.82) is 0 Å². The van der Waals surface area contributed by atoms with Gasteiger partial charge in [0.1, 0.15) is 0 Å². The molecule has 0 saturated heterocycles. The second-order valence-electron chi connectivity index (χ2n) is 20.8. The minimum Gasteiger partial charge on any atom is -0.305 e. The van der Waals surface area contributed by atoms with Gasteiger partial charge in [-0.05, 0) is 125 Å². The molecule has 3 aromatic heterocycles. The normalized spacial score (nSPS) is 12.0. The van der Waals surface area contributed by atoms with Gasteiger partial charge in [-0.1, -0.05) is 172 Å². The number of hydrogen-bond donors (Lipinski definition) is 0.